The van der Waals surface area contributed by atoms with E-state index in [-0.39, 0.29) is 6.10 Å². The highest BCUT2D eigenvalue weighted by molar-refractivity contribution is 5.53. The highest BCUT2D eigenvalue weighted by atomic mass is 16.5. The molecule has 0 bridgehead atoms. The highest BCUT2D eigenvalue weighted by Gasteiger charge is 2.21. The number of methoxy groups -OCH3 is 1. The second-order valence-electron chi connectivity index (χ2n) is 4.02. The second kappa shape index (κ2) is 3.74. The van der Waals surface area contributed by atoms with Crippen molar-refractivity contribution in [3.63, 3.8) is 0 Å². The zero-order valence-corrected chi connectivity index (χ0v) is 9.33. The molecule has 0 aliphatic carbocycles. The molecule has 1 aromatic rings. The summed E-state index contributed by atoms with van der Waals surface area (Å²) in [6.45, 7) is 4.38. The van der Waals surface area contributed by atoms with Gasteiger partial charge in [-0.2, -0.15) is 0 Å². The maximum Gasteiger partial charge on any atom is 0.127 e. The van der Waals surface area contributed by atoms with Crippen LogP contribution in [0.4, 0.5) is 0 Å². The van der Waals surface area contributed by atoms with E-state index in [0.29, 0.717) is 12.4 Å². The van der Waals surface area contributed by atoms with Crippen molar-refractivity contribution >= 4 is 0 Å². The van der Waals surface area contributed by atoms with Crippen LogP contribution in [-0.4, -0.2) is 18.3 Å². The van der Waals surface area contributed by atoms with Crippen LogP contribution in [0, 0.1) is 6.92 Å². The zero-order chi connectivity index (χ0) is 11.0. The van der Waals surface area contributed by atoms with Crippen LogP contribution in [0.3, 0.4) is 0 Å². The maximum absolute atomic E-state index is 9.98. The van der Waals surface area contributed by atoms with E-state index in [0.717, 1.165) is 28.9 Å². The van der Waals surface area contributed by atoms with Gasteiger partial charge in [0.2, 0.25) is 0 Å². The van der Waals surface area contributed by atoms with Crippen molar-refractivity contribution in [1.82, 2.24) is 0 Å². The fourth-order valence-corrected chi connectivity index (χ4v) is 2.00. The molecular formula is C12H16O3. The van der Waals surface area contributed by atoms with Gasteiger partial charge in [-0.15, -0.1) is 0 Å². The predicted octanol–water partition coefficient (Wildman–Crippen LogP) is 2.17. The van der Waals surface area contributed by atoms with Crippen molar-refractivity contribution in [3.8, 4) is 11.5 Å². The first-order valence-electron chi connectivity index (χ1n) is 5.13. The molecule has 1 aromatic carbocycles. The molecule has 3 nitrogen and oxygen atoms in total. The van der Waals surface area contributed by atoms with Gasteiger partial charge in [0, 0.05) is 11.1 Å². The summed E-state index contributed by atoms with van der Waals surface area (Å²) in [5.74, 6) is 1.07. The van der Waals surface area contributed by atoms with Crippen molar-refractivity contribution in [1.29, 1.82) is 0 Å². The molecule has 0 fully saturated rings. The third-order valence-electron chi connectivity index (χ3n) is 2.94. The quantitative estimate of drug-likeness (QED) is 0.768. The molecule has 0 saturated heterocycles. The molecular weight excluding hydrogens is 192 g/mol. The molecule has 2 rings (SSSR count). The molecule has 0 amide bonds. The minimum Gasteiger partial charge on any atom is -0.507 e. The van der Waals surface area contributed by atoms with Crippen LogP contribution in [0.1, 0.15) is 23.6 Å². The zero-order valence-electron chi connectivity index (χ0n) is 9.33. The van der Waals surface area contributed by atoms with Crippen LogP contribution >= 0.6 is 0 Å². The summed E-state index contributed by atoms with van der Waals surface area (Å²) in [4.78, 5) is 0. The molecule has 1 unspecified atom stereocenters. The summed E-state index contributed by atoms with van der Waals surface area (Å²) >= 11 is 0. The lowest BCUT2D eigenvalue weighted by molar-refractivity contribution is 0.0395. The second-order valence-corrected chi connectivity index (χ2v) is 4.02. The van der Waals surface area contributed by atoms with Gasteiger partial charge < -0.3 is 14.6 Å². The van der Waals surface area contributed by atoms with Crippen LogP contribution in [0.5, 0.6) is 11.5 Å². The summed E-state index contributed by atoms with van der Waals surface area (Å²) < 4.78 is 10.7. The van der Waals surface area contributed by atoms with Crippen molar-refractivity contribution in [3.05, 3.63) is 22.8 Å². The lowest BCUT2D eigenvalue weighted by Crippen LogP contribution is -2.19. The van der Waals surface area contributed by atoms with Gasteiger partial charge in [0.15, 0.2) is 0 Å². The number of aromatic hydroxyl groups is 1. The highest BCUT2D eigenvalue weighted by Crippen LogP contribution is 2.36. The van der Waals surface area contributed by atoms with E-state index >= 15 is 0 Å². The first-order chi connectivity index (χ1) is 7.13. The van der Waals surface area contributed by atoms with E-state index in [4.69, 9.17) is 9.47 Å². The number of hydrogen-bond acceptors (Lipinski definition) is 3. The number of phenols is 1. The fraction of sp³-hybridized carbons (Fsp3) is 0.500. The SMILES string of the molecule is COc1cc2c(c(O)c1C)COC(C)C2. The van der Waals surface area contributed by atoms with Gasteiger partial charge in [-0.1, -0.05) is 0 Å². The molecule has 1 heterocycles. The van der Waals surface area contributed by atoms with Crippen LogP contribution in [0.2, 0.25) is 0 Å². The minimum absolute atomic E-state index is 0.212. The molecule has 0 spiro atoms. The third-order valence-corrected chi connectivity index (χ3v) is 2.94. The standard InChI is InChI=1S/C12H16O3/c1-7-4-9-5-11(14-3)8(2)12(13)10(9)6-15-7/h5,7,13H,4,6H2,1-3H3. The van der Waals surface area contributed by atoms with E-state index in [9.17, 15) is 5.11 Å². The number of fused-ring (bicyclic) bond motifs is 1. The Morgan fingerprint density at radius 1 is 1.53 bits per heavy atom. The molecule has 1 aliphatic heterocycles. The van der Waals surface area contributed by atoms with Crippen LogP contribution in [0.25, 0.3) is 0 Å². The Hall–Kier alpha value is -1.22. The monoisotopic (exact) mass is 208 g/mol. The summed E-state index contributed by atoms with van der Waals surface area (Å²) in [7, 11) is 1.62. The van der Waals surface area contributed by atoms with E-state index < -0.39 is 0 Å². The lowest BCUT2D eigenvalue weighted by atomic mass is 9.96. The van der Waals surface area contributed by atoms with Crippen molar-refractivity contribution < 1.29 is 14.6 Å². The predicted molar refractivity (Wildman–Crippen MR) is 57.4 cm³/mol. The van der Waals surface area contributed by atoms with Gasteiger partial charge in [0.25, 0.3) is 0 Å². The van der Waals surface area contributed by atoms with Crippen LogP contribution < -0.4 is 4.74 Å². The Morgan fingerprint density at radius 3 is 2.93 bits per heavy atom. The van der Waals surface area contributed by atoms with E-state index in [1.807, 2.05) is 19.9 Å². The Kier molecular flexibility index (Phi) is 2.57. The number of phenolic OH excluding ortho intramolecular Hbond substituents is 1. The van der Waals surface area contributed by atoms with Gasteiger partial charge in [-0.25, -0.2) is 0 Å². The van der Waals surface area contributed by atoms with Crippen LogP contribution in [0.15, 0.2) is 6.07 Å². The number of rotatable bonds is 1. The molecule has 0 radical (unpaired) electrons. The molecule has 0 aromatic heterocycles. The van der Waals surface area contributed by atoms with Gasteiger partial charge in [-0.3, -0.25) is 0 Å². The third kappa shape index (κ3) is 1.67. The Labute approximate surface area is 89.6 Å². The van der Waals surface area contributed by atoms with E-state index in [2.05, 4.69) is 0 Å². The summed E-state index contributed by atoms with van der Waals surface area (Å²) in [5.41, 5.74) is 2.83. The smallest absolute Gasteiger partial charge is 0.127 e. The molecule has 82 valence electrons. The maximum atomic E-state index is 9.98. The molecule has 3 heteroatoms. The molecule has 1 N–H and O–H groups in total. The van der Waals surface area contributed by atoms with Crippen molar-refractivity contribution in [2.24, 2.45) is 0 Å². The van der Waals surface area contributed by atoms with E-state index in [1.54, 1.807) is 7.11 Å². The van der Waals surface area contributed by atoms with Crippen molar-refractivity contribution in [2.75, 3.05) is 7.11 Å². The molecule has 15 heavy (non-hydrogen) atoms. The Morgan fingerprint density at radius 2 is 2.27 bits per heavy atom. The lowest BCUT2D eigenvalue weighted by Gasteiger charge is -2.24. The Balaban J connectivity index is 2.52. The first-order valence-corrected chi connectivity index (χ1v) is 5.13. The number of hydrogen-bond donors (Lipinski definition) is 1. The Bertz CT molecular complexity index is 385. The fourth-order valence-electron chi connectivity index (χ4n) is 2.00. The summed E-state index contributed by atoms with van der Waals surface area (Å²) in [6, 6.07) is 2.00. The van der Waals surface area contributed by atoms with Gasteiger partial charge in [0.05, 0.1) is 19.8 Å². The normalized spacial score (nSPS) is 19.8. The van der Waals surface area contributed by atoms with Crippen molar-refractivity contribution in [2.45, 2.75) is 33.0 Å². The average molecular weight is 208 g/mol. The largest absolute Gasteiger partial charge is 0.507 e. The van der Waals surface area contributed by atoms with Gasteiger partial charge in [-0.05, 0) is 31.9 Å². The number of benzene rings is 1. The number of ether oxygens (including phenoxy) is 2. The molecule has 1 aliphatic rings. The average Bonchev–Trinajstić information content (AvgIpc) is 2.23. The molecule has 0 saturated carbocycles. The topological polar surface area (TPSA) is 38.7 Å². The summed E-state index contributed by atoms with van der Waals surface area (Å²) in [6.07, 6.45) is 1.05. The summed E-state index contributed by atoms with van der Waals surface area (Å²) in [5, 5.41) is 9.98. The van der Waals surface area contributed by atoms with E-state index in [1.165, 1.54) is 0 Å². The minimum atomic E-state index is 0.212. The first kappa shape index (κ1) is 10.3. The van der Waals surface area contributed by atoms with Gasteiger partial charge in [0.1, 0.15) is 11.5 Å². The molecule has 1 atom stereocenters. The van der Waals surface area contributed by atoms with Crippen LogP contribution in [-0.2, 0) is 17.8 Å². The van der Waals surface area contributed by atoms with Gasteiger partial charge >= 0.3 is 0 Å².